The molecule has 3 nitrogen and oxygen atoms in total. The molecule has 2 rings (SSSR count). The number of aliphatic hydroxyl groups excluding tert-OH is 1. The van der Waals surface area contributed by atoms with Crippen LogP contribution in [-0.4, -0.2) is 38.5 Å². The molecule has 1 saturated heterocycles. The van der Waals surface area contributed by atoms with Crippen LogP contribution >= 0.6 is 0 Å². The fourth-order valence-electron chi connectivity index (χ4n) is 2.30. The highest BCUT2D eigenvalue weighted by Gasteiger charge is 2.35. The van der Waals surface area contributed by atoms with E-state index in [4.69, 9.17) is 4.74 Å². The van der Waals surface area contributed by atoms with Crippen molar-refractivity contribution in [1.82, 2.24) is 0 Å². The van der Waals surface area contributed by atoms with Crippen LogP contribution in [0.5, 0.6) is 0 Å². The first-order valence-electron chi connectivity index (χ1n) is 5.81. The van der Waals surface area contributed by atoms with Crippen LogP contribution in [0.1, 0.15) is 6.42 Å². The average molecular weight is 239 g/mol. The van der Waals surface area contributed by atoms with Crippen LogP contribution in [-0.2, 0) is 4.74 Å². The number of hydrogen-bond donors (Lipinski definition) is 1. The lowest BCUT2D eigenvalue weighted by molar-refractivity contribution is 0.0985. The van der Waals surface area contributed by atoms with E-state index in [1.54, 1.807) is 12.1 Å². The molecule has 0 bridgehead atoms. The molecule has 1 aromatic rings. The number of aliphatic hydroxyl groups is 1. The highest BCUT2D eigenvalue weighted by atomic mass is 19.1. The maximum absolute atomic E-state index is 13.6. The molecule has 0 amide bonds. The van der Waals surface area contributed by atoms with Gasteiger partial charge in [0.1, 0.15) is 5.82 Å². The molecule has 1 N–H and O–H groups in total. The molecule has 0 saturated carbocycles. The van der Waals surface area contributed by atoms with Gasteiger partial charge in [-0.25, -0.2) is 4.39 Å². The van der Waals surface area contributed by atoms with E-state index < -0.39 is 0 Å². The third-order valence-electron chi connectivity index (χ3n) is 3.36. The Morgan fingerprint density at radius 3 is 2.82 bits per heavy atom. The third kappa shape index (κ3) is 2.58. The summed E-state index contributed by atoms with van der Waals surface area (Å²) in [6, 6.07) is 6.68. The number of ether oxygens (including phenoxy) is 1. The van der Waals surface area contributed by atoms with Crippen LogP contribution in [0.25, 0.3) is 0 Å². The van der Waals surface area contributed by atoms with Gasteiger partial charge in [-0.15, -0.1) is 0 Å². The lowest BCUT2D eigenvalue weighted by Crippen LogP contribution is -2.39. The highest BCUT2D eigenvalue weighted by Crippen LogP contribution is 2.31. The number of nitrogens with zero attached hydrogens (tertiary/aromatic N) is 1. The first-order chi connectivity index (χ1) is 8.17. The first-order valence-corrected chi connectivity index (χ1v) is 5.81. The van der Waals surface area contributed by atoms with Gasteiger partial charge in [-0.05, 0) is 18.6 Å². The standard InChI is InChI=1S/C13H18FNO2/c1-15(12-5-3-2-4-11(12)14)8-13(9-16)6-7-17-10-13/h2-5,16H,6-10H2,1H3. The largest absolute Gasteiger partial charge is 0.396 e. The number of anilines is 1. The molecule has 1 atom stereocenters. The molecule has 0 radical (unpaired) electrons. The summed E-state index contributed by atoms with van der Waals surface area (Å²) in [7, 11) is 1.84. The summed E-state index contributed by atoms with van der Waals surface area (Å²) in [5.41, 5.74) is 0.309. The lowest BCUT2D eigenvalue weighted by Gasteiger charge is -2.31. The number of para-hydroxylation sites is 1. The van der Waals surface area contributed by atoms with Gasteiger partial charge in [-0.1, -0.05) is 12.1 Å². The van der Waals surface area contributed by atoms with Gasteiger partial charge in [0.15, 0.2) is 0 Å². The van der Waals surface area contributed by atoms with Gasteiger partial charge in [0, 0.05) is 25.6 Å². The second kappa shape index (κ2) is 5.02. The number of rotatable bonds is 4. The lowest BCUT2D eigenvalue weighted by atomic mass is 9.87. The summed E-state index contributed by atoms with van der Waals surface area (Å²) in [5.74, 6) is -0.234. The molecule has 94 valence electrons. The second-order valence-corrected chi connectivity index (χ2v) is 4.77. The smallest absolute Gasteiger partial charge is 0.146 e. The van der Waals surface area contributed by atoms with Crippen molar-refractivity contribution in [3.8, 4) is 0 Å². The summed E-state index contributed by atoms with van der Waals surface area (Å²) >= 11 is 0. The second-order valence-electron chi connectivity index (χ2n) is 4.77. The zero-order valence-electron chi connectivity index (χ0n) is 10.0. The summed E-state index contributed by atoms with van der Waals surface area (Å²) in [5, 5.41) is 9.48. The molecule has 0 spiro atoms. The highest BCUT2D eigenvalue weighted by molar-refractivity contribution is 5.47. The Hall–Kier alpha value is -1.13. The van der Waals surface area contributed by atoms with Crippen LogP contribution in [0.3, 0.4) is 0 Å². The van der Waals surface area contributed by atoms with Crippen LogP contribution in [0.15, 0.2) is 24.3 Å². The van der Waals surface area contributed by atoms with E-state index in [9.17, 15) is 9.50 Å². The molecular weight excluding hydrogens is 221 g/mol. The summed E-state index contributed by atoms with van der Waals surface area (Å²) in [6.45, 7) is 1.89. The Kier molecular flexibility index (Phi) is 3.64. The predicted octanol–water partition coefficient (Wildman–Crippen LogP) is 1.66. The van der Waals surface area contributed by atoms with Gasteiger partial charge >= 0.3 is 0 Å². The Labute approximate surface area is 101 Å². The number of hydrogen-bond acceptors (Lipinski definition) is 3. The molecule has 0 aromatic heterocycles. The molecule has 1 heterocycles. The van der Waals surface area contributed by atoms with Crippen LogP contribution in [0, 0.1) is 11.2 Å². The van der Waals surface area contributed by atoms with Crippen LogP contribution in [0.4, 0.5) is 10.1 Å². The van der Waals surface area contributed by atoms with Crippen LogP contribution in [0.2, 0.25) is 0 Å². The van der Waals surface area contributed by atoms with Crippen molar-refractivity contribution in [3.63, 3.8) is 0 Å². The summed E-state index contributed by atoms with van der Waals surface area (Å²) < 4.78 is 18.9. The molecule has 1 unspecified atom stereocenters. The maximum Gasteiger partial charge on any atom is 0.146 e. The fourth-order valence-corrected chi connectivity index (χ4v) is 2.30. The molecule has 17 heavy (non-hydrogen) atoms. The quantitative estimate of drug-likeness (QED) is 0.867. The molecule has 4 heteroatoms. The Bertz CT molecular complexity index is 377. The molecule has 1 aromatic carbocycles. The van der Waals surface area contributed by atoms with Crippen molar-refractivity contribution in [1.29, 1.82) is 0 Å². The van der Waals surface area contributed by atoms with Gasteiger partial charge in [-0.2, -0.15) is 0 Å². The van der Waals surface area contributed by atoms with Gasteiger partial charge < -0.3 is 14.7 Å². The normalized spacial score (nSPS) is 23.9. The monoisotopic (exact) mass is 239 g/mol. The zero-order valence-corrected chi connectivity index (χ0v) is 10.0. The Morgan fingerprint density at radius 1 is 1.47 bits per heavy atom. The molecule has 0 aliphatic carbocycles. The average Bonchev–Trinajstić information content (AvgIpc) is 2.79. The van der Waals surface area contributed by atoms with E-state index in [2.05, 4.69) is 0 Å². The molecule has 1 fully saturated rings. The van der Waals surface area contributed by atoms with Gasteiger partial charge in [0.25, 0.3) is 0 Å². The van der Waals surface area contributed by atoms with Gasteiger partial charge in [0.05, 0.1) is 18.9 Å². The predicted molar refractivity (Wildman–Crippen MR) is 64.6 cm³/mol. The Balaban J connectivity index is 2.11. The zero-order chi connectivity index (χ0) is 12.3. The van der Waals surface area contributed by atoms with Crippen molar-refractivity contribution in [2.75, 3.05) is 38.3 Å². The molecular formula is C13H18FNO2. The van der Waals surface area contributed by atoms with Crippen LogP contribution < -0.4 is 4.90 Å². The number of benzene rings is 1. The van der Waals surface area contributed by atoms with Crippen molar-refractivity contribution in [3.05, 3.63) is 30.1 Å². The number of halogens is 1. The van der Waals surface area contributed by atoms with E-state index in [0.29, 0.717) is 25.4 Å². The van der Waals surface area contributed by atoms with Crippen molar-refractivity contribution in [2.45, 2.75) is 6.42 Å². The van der Waals surface area contributed by atoms with E-state index in [1.807, 2.05) is 18.0 Å². The van der Waals surface area contributed by atoms with Crippen molar-refractivity contribution < 1.29 is 14.2 Å². The minimum absolute atomic E-state index is 0.0752. The molecule has 1 aliphatic rings. The van der Waals surface area contributed by atoms with Crippen molar-refractivity contribution in [2.24, 2.45) is 5.41 Å². The van der Waals surface area contributed by atoms with E-state index in [-0.39, 0.29) is 17.8 Å². The fraction of sp³-hybridized carbons (Fsp3) is 0.538. The minimum atomic E-state index is -0.253. The Morgan fingerprint density at radius 2 is 2.24 bits per heavy atom. The van der Waals surface area contributed by atoms with Gasteiger partial charge in [-0.3, -0.25) is 0 Å². The topological polar surface area (TPSA) is 32.7 Å². The van der Waals surface area contributed by atoms with E-state index >= 15 is 0 Å². The maximum atomic E-state index is 13.6. The first kappa shape index (κ1) is 12.3. The summed E-state index contributed by atoms with van der Waals surface area (Å²) in [6.07, 6.45) is 0.822. The van der Waals surface area contributed by atoms with Crippen molar-refractivity contribution >= 4 is 5.69 Å². The van der Waals surface area contributed by atoms with E-state index in [1.165, 1.54) is 6.07 Å². The minimum Gasteiger partial charge on any atom is -0.396 e. The SMILES string of the molecule is CN(CC1(CO)CCOC1)c1ccccc1F. The van der Waals surface area contributed by atoms with Gasteiger partial charge in [0.2, 0.25) is 0 Å². The third-order valence-corrected chi connectivity index (χ3v) is 3.36. The van der Waals surface area contributed by atoms with E-state index in [0.717, 1.165) is 6.42 Å². The summed E-state index contributed by atoms with van der Waals surface area (Å²) in [4.78, 5) is 1.85. The molecule has 1 aliphatic heterocycles.